The molecule has 0 aliphatic heterocycles. The molecule has 0 fully saturated rings. The van der Waals surface area contributed by atoms with Crippen LogP contribution in [0.4, 0.5) is 10.5 Å². The Morgan fingerprint density at radius 1 is 1.17 bits per heavy atom. The Hall–Kier alpha value is -3.58. The number of phenols is 1. The molecule has 0 bridgehead atoms. The highest BCUT2D eigenvalue weighted by Gasteiger charge is 2.19. The number of ether oxygens (including phenoxy) is 1. The fraction of sp³-hybridized carbons (Fsp3) is 0.0952. The fourth-order valence-corrected chi connectivity index (χ4v) is 3.15. The van der Waals surface area contributed by atoms with Gasteiger partial charge in [0.2, 0.25) is 0 Å². The highest BCUT2D eigenvalue weighted by molar-refractivity contribution is 6.30. The van der Waals surface area contributed by atoms with E-state index in [-0.39, 0.29) is 10.9 Å². The first-order valence-corrected chi connectivity index (χ1v) is 9.19. The van der Waals surface area contributed by atoms with Crippen LogP contribution in [0.15, 0.2) is 67.0 Å². The van der Waals surface area contributed by atoms with Gasteiger partial charge in [0.15, 0.2) is 5.65 Å². The smallest absolute Gasteiger partial charge is 0.426 e. The van der Waals surface area contributed by atoms with E-state index in [9.17, 15) is 9.90 Å². The number of hydrogen-bond donors (Lipinski definition) is 1. The molecule has 0 aliphatic rings. The van der Waals surface area contributed by atoms with Crippen molar-refractivity contribution in [2.45, 2.75) is 6.54 Å². The van der Waals surface area contributed by atoms with E-state index < -0.39 is 6.09 Å². The molecule has 0 aliphatic carbocycles. The number of fused-ring (bicyclic) bond motifs is 1. The minimum atomic E-state index is -0.624. The topological polar surface area (TPSA) is 80.5 Å². The molecule has 2 aromatic heterocycles. The number of aromatic nitrogens is 3. The molecule has 8 heteroatoms. The van der Waals surface area contributed by atoms with Gasteiger partial charge in [-0.2, -0.15) is 0 Å². The van der Waals surface area contributed by atoms with Gasteiger partial charge in [-0.25, -0.2) is 19.3 Å². The number of rotatable bonds is 4. The normalized spacial score (nSPS) is 10.8. The molecule has 2 heterocycles. The van der Waals surface area contributed by atoms with Gasteiger partial charge in [0.05, 0.1) is 5.69 Å². The Morgan fingerprint density at radius 2 is 1.90 bits per heavy atom. The molecule has 7 nitrogen and oxygen atoms in total. The quantitative estimate of drug-likeness (QED) is 0.502. The number of imidazole rings is 1. The Morgan fingerprint density at radius 3 is 2.62 bits per heavy atom. The van der Waals surface area contributed by atoms with E-state index in [0.29, 0.717) is 23.5 Å². The van der Waals surface area contributed by atoms with Gasteiger partial charge in [0.1, 0.15) is 28.5 Å². The number of phenolic OH excluding ortho intramolecular Hbond substituents is 1. The van der Waals surface area contributed by atoms with Gasteiger partial charge in [-0.1, -0.05) is 41.9 Å². The lowest BCUT2D eigenvalue weighted by Gasteiger charge is -2.20. The van der Waals surface area contributed by atoms with Crippen LogP contribution < -0.4 is 9.64 Å². The number of pyridine rings is 1. The number of carbonyl (C=O) groups excluding carboxylic acids is 1. The number of carbonyl (C=O) groups is 1. The molecule has 0 unspecified atom stereocenters. The van der Waals surface area contributed by atoms with Crippen LogP contribution in [0, 0.1) is 0 Å². The monoisotopic (exact) mass is 408 g/mol. The molecule has 0 amide bonds. The minimum Gasteiger partial charge on any atom is -0.508 e. The number of anilines is 1. The summed E-state index contributed by atoms with van der Waals surface area (Å²) in [5.41, 5.74) is 2.56. The summed E-state index contributed by atoms with van der Waals surface area (Å²) >= 11 is 6.22. The fourth-order valence-electron chi connectivity index (χ4n) is 2.97. The van der Waals surface area contributed by atoms with Crippen LogP contribution >= 0.6 is 11.6 Å². The number of para-hydroxylation sites is 1. The zero-order chi connectivity index (χ0) is 20.4. The van der Waals surface area contributed by atoms with Crippen LogP contribution in [0.25, 0.3) is 11.2 Å². The first kappa shape index (κ1) is 18.8. The number of nitrogens with zero attached hydrogens (tertiary/aromatic N) is 4. The Bertz CT molecular complexity index is 1160. The van der Waals surface area contributed by atoms with Crippen LogP contribution in [0.3, 0.4) is 0 Å². The molecule has 146 valence electrons. The molecule has 0 saturated heterocycles. The van der Waals surface area contributed by atoms with E-state index in [4.69, 9.17) is 16.3 Å². The lowest BCUT2D eigenvalue weighted by Crippen LogP contribution is -2.18. The maximum atomic E-state index is 12.6. The van der Waals surface area contributed by atoms with E-state index in [1.807, 2.05) is 30.1 Å². The van der Waals surface area contributed by atoms with Crippen molar-refractivity contribution in [3.8, 4) is 11.5 Å². The molecule has 4 rings (SSSR count). The molecular formula is C21H17ClN4O3. The van der Waals surface area contributed by atoms with Crippen molar-refractivity contribution in [3.63, 3.8) is 0 Å². The lowest BCUT2D eigenvalue weighted by molar-refractivity contribution is 0.203. The first-order valence-electron chi connectivity index (χ1n) is 8.81. The SMILES string of the molecule is CN(Cc1ccc(O)cc1)c1cc(Cl)nc2c1ncn2C(=O)Oc1ccccc1. The van der Waals surface area contributed by atoms with Crippen LogP contribution in [0.1, 0.15) is 5.56 Å². The molecule has 0 saturated carbocycles. The minimum absolute atomic E-state index is 0.210. The van der Waals surface area contributed by atoms with Crippen molar-refractivity contribution >= 4 is 34.5 Å². The van der Waals surface area contributed by atoms with Crippen molar-refractivity contribution in [2.75, 3.05) is 11.9 Å². The summed E-state index contributed by atoms with van der Waals surface area (Å²) in [6, 6.07) is 17.4. The third kappa shape index (κ3) is 4.00. The molecule has 0 atom stereocenters. The second-order valence-corrected chi connectivity index (χ2v) is 6.84. The van der Waals surface area contributed by atoms with Crippen LogP contribution in [-0.4, -0.2) is 32.8 Å². The Labute approximate surface area is 171 Å². The Balaban J connectivity index is 1.65. The lowest BCUT2D eigenvalue weighted by atomic mass is 10.2. The summed E-state index contributed by atoms with van der Waals surface area (Å²) in [5, 5.41) is 9.69. The molecular weight excluding hydrogens is 392 g/mol. The van der Waals surface area contributed by atoms with Crippen molar-refractivity contribution in [3.05, 3.63) is 77.7 Å². The predicted molar refractivity (Wildman–Crippen MR) is 111 cm³/mol. The number of aromatic hydroxyl groups is 1. The number of halogens is 1. The van der Waals surface area contributed by atoms with Gasteiger partial charge in [0, 0.05) is 19.7 Å². The molecule has 29 heavy (non-hydrogen) atoms. The van der Waals surface area contributed by atoms with Gasteiger partial charge >= 0.3 is 6.09 Å². The maximum absolute atomic E-state index is 12.6. The number of hydrogen-bond acceptors (Lipinski definition) is 6. The summed E-state index contributed by atoms with van der Waals surface area (Å²) in [6.07, 6.45) is 0.748. The van der Waals surface area contributed by atoms with Crippen molar-refractivity contribution in [1.29, 1.82) is 0 Å². The standard InChI is InChI=1S/C21H17ClN4O3/c1-25(12-14-7-9-15(27)10-8-14)17-11-18(22)24-20-19(17)23-13-26(20)21(28)29-16-5-3-2-4-6-16/h2-11,13,27H,12H2,1H3. The average molecular weight is 409 g/mol. The highest BCUT2D eigenvalue weighted by Crippen LogP contribution is 2.28. The van der Waals surface area contributed by atoms with E-state index in [0.717, 1.165) is 11.3 Å². The Kier molecular flexibility index (Phi) is 5.05. The second kappa shape index (κ2) is 7.81. The third-order valence-electron chi connectivity index (χ3n) is 4.37. The third-order valence-corrected chi connectivity index (χ3v) is 4.56. The predicted octanol–water partition coefficient (Wildman–Crippen LogP) is 4.47. The number of benzene rings is 2. The highest BCUT2D eigenvalue weighted by atomic mass is 35.5. The van der Waals surface area contributed by atoms with Gasteiger partial charge < -0.3 is 14.7 Å². The van der Waals surface area contributed by atoms with E-state index in [1.165, 1.54) is 10.9 Å². The van der Waals surface area contributed by atoms with Crippen molar-refractivity contribution in [1.82, 2.24) is 14.5 Å². The molecule has 2 aromatic carbocycles. The van der Waals surface area contributed by atoms with E-state index in [1.54, 1.807) is 42.5 Å². The summed E-state index contributed by atoms with van der Waals surface area (Å²) in [7, 11) is 1.89. The van der Waals surface area contributed by atoms with Crippen LogP contribution in [0.2, 0.25) is 5.15 Å². The molecule has 4 aromatic rings. The van der Waals surface area contributed by atoms with E-state index >= 15 is 0 Å². The summed E-state index contributed by atoms with van der Waals surface area (Å²) in [5.74, 6) is 0.632. The zero-order valence-corrected chi connectivity index (χ0v) is 16.2. The van der Waals surface area contributed by atoms with Crippen LogP contribution in [-0.2, 0) is 6.54 Å². The average Bonchev–Trinajstić information content (AvgIpc) is 3.13. The largest absolute Gasteiger partial charge is 0.508 e. The van der Waals surface area contributed by atoms with E-state index in [2.05, 4.69) is 9.97 Å². The van der Waals surface area contributed by atoms with Gasteiger partial charge in [-0.05, 0) is 29.8 Å². The summed E-state index contributed by atoms with van der Waals surface area (Å²) in [4.78, 5) is 23.2. The van der Waals surface area contributed by atoms with Crippen molar-refractivity contribution in [2.24, 2.45) is 0 Å². The second-order valence-electron chi connectivity index (χ2n) is 6.45. The van der Waals surface area contributed by atoms with Crippen LogP contribution in [0.5, 0.6) is 11.5 Å². The molecule has 0 radical (unpaired) electrons. The zero-order valence-electron chi connectivity index (χ0n) is 15.5. The van der Waals surface area contributed by atoms with Gasteiger partial charge in [-0.3, -0.25) is 0 Å². The van der Waals surface area contributed by atoms with Crippen molar-refractivity contribution < 1.29 is 14.6 Å². The molecule has 0 spiro atoms. The van der Waals surface area contributed by atoms with Gasteiger partial charge in [0.25, 0.3) is 0 Å². The van der Waals surface area contributed by atoms with Gasteiger partial charge in [-0.15, -0.1) is 0 Å². The summed E-state index contributed by atoms with van der Waals surface area (Å²) < 4.78 is 6.61. The first-order chi connectivity index (χ1) is 14.0. The summed E-state index contributed by atoms with van der Waals surface area (Å²) in [6.45, 7) is 0.553. The maximum Gasteiger partial charge on any atom is 0.426 e. The molecule has 1 N–H and O–H groups in total.